The molecule has 5 nitrogen and oxygen atoms in total. The fraction of sp³-hybridized carbons (Fsp3) is 0.333. The zero-order valence-corrected chi connectivity index (χ0v) is 18.1. The van der Waals surface area contributed by atoms with Crippen LogP contribution >= 0.6 is 11.6 Å². The number of fused-ring (bicyclic) bond motifs is 1. The van der Waals surface area contributed by atoms with Crippen molar-refractivity contribution in [1.82, 2.24) is 4.57 Å². The van der Waals surface area contributed by atoms with Crippen LogP contribution in [0.2, 0.25) is 5.02 Å². The number of hydrogen-bond acceptors (Lipinski definition) is 3. The number of halogens is 3. The summed E-state index contributed by atoms with van der Waals surface area (Å²) in [7, 11) is 0. The van der Waals surface area contributed by atoms with Crippen molar-refractivity contribution in [2.45, 2.75) is 44.9 Å². The number of phenols is 1. The van der Waals surface area contributed by atoms with E-state index < -0.39 is 35.2 Å². The van der Waals surface area contributed by atoms with Crippen LogP contribution in [0.4, 0.5) is 8.78 Å². The van der Waals surface area contributed by atoms with Crippen LogP contribution < -0.4 is 0 Å². The summed E-state index contributed by atoms with van der Waals surface area (Å²) in [4.78, 5) is 25.6. The molecule has 4 rings (SSSR count). The number of carboxylic acids is 1. The second kappa shape index (κ2) is 8.54. The normalized spacial score (nSPS) is 15.4. The number of rotatable bonds is 5. The Bertz CT molecular complexity index is 1230. The van der Waals surface area contributed by atoms with E-state index in [0.717, 1.165) is 36.3 Å². The van der Waals surface area contributed by atoms with Gasteiger partial charge in [0.05, 0.1) is 11.4 Å². The number of hydrogen-bond donors (Lipinski definition) is 2. The number of phenolic OH excluding ortho intramolecular Hbond substituents is 1. The third-order valence-electron chi connectivity index (χ3n) is 6.37. The minimum Gasteiger partial charge on any atom is -0.503 e. The van der Waals surface area contributed by atoms with Crippen LogP contribution in [0.5, 0.6) is 5.75 Å². The molecule has 32 heavy (non-hydrogen) atoms. The molecule has 8 heteroatoms. The highest BCUT2D eigenvalue weighted by Gasteiger charge is 2.34. The molecule has 2 N–H and O–H groups in total. The van der Waals surface area contributed by atoms with Gasteiger partial charge < -0.3 is 10.2 Å². The van der Waals surface area contributed by atoms with Crippen molar-refractivity contribution < 1.29 is 28.6 Å². The maximum Gasteiger partial charge on any atom is 0.311 e. The molecule has 0 saturated heterocycles. The van der Waals surface area contributed by atoms with Crippen LogP contribution in [0.15, 0.2) is 30.3 Å². The largest absolute Gasteiger partial charge is 0.503 e. The Morgan fingerprint density at radius 2 is 1.91 bits per heavy atom. The molecule has 0 amide bonds. The molecule has 0 unspecified atom stereocenters. The molecule has 1 aromatic heterocycles. The van der Waals surface area contributed by atoms with E-state index in [9.17, 15) is 24.2 Å². The molecular weight excluding hydrogens is 440 g/mol. The number of aromatic hydroxyl groups is 1. The predicted octanol–water partition coefficient (Wildman–Crippen LogP) is 6.02. The Balaban J connectivity index is 1.98. The highest BCUT2D eigenvalue weighted by molar-refractivity contribution is 6.31. The molecule has 1 atom stereocenters. The van der Waals surface area contributed by atoms with Crippen LogP contribution in [0.1, 0.15) is 59.6 Å². The fourth-order valence-corrected chi connectivity index (χ4v) is 5.06. The van der Waals surface area contributed by atoms with Crippen molar-refractivity contribution in [3.63, 3.8) is 0 Å². The number of carbonyl (C=O) groups is 2. The lowest BCUT2D eigenvalue weighted by Crippen LogP contribution is -2.18. The number of nitrogens with zero attached hydrogens (tertiary/aromatic N) is 1. The SMILES string of the molecule is Cc1c([C@H](CC2CCCC2)C(=O)O)c2c(F)c(O)c(F)cc2n1C(=O)c1cccc(Cl)c1. The Morgan fingerprint density at radius 1 is 1.22 bits per heavy atom. The summed E-state index contributed by atoms with van der Waals surface area (Å²) >= 11 is 6.01. The van der Waals surface area contributed by atoms with Gasteiger partial charge in [0.2, 0.25) is 0 Å². The number of benzene rings is 2. The van der Waals surface area contributed by atoms with Gasteiger partial charge in [-0.15, -0.1) is 0 Å². The van der Waals surface area contributed by atoms with Crippen LogP contribution in [-0.4, -0.2) is 26.7 Å². The average Bonchev–Trinajstić information content (AvgIpc) is 3.35. The number of aliphatic carboxylic acids is 1. The summed E-state index contributed by atoms with van der Waals surface area (Å²) in [6.07, 6.45) is 4.05. The van der Waals surface area contributed by atoms with E-state index in [1.165, 1.54) is 19.1 Å². The molecule has 1 heterocycles. The van der Waals surface area contributed by atoms with Crippen molar-refractivity contribution in [2.24, 2.45) is 5.92 Å². The van der Waals surface area contributed by atoms with Gasteiger partial charge in [0.1, 0.15) is 0 Å². The van der Waals surface area contributed by atoms with E-state index in [-0.39, 0.29) is 40.1 Å². The van der Waals surface area contributed by atoms with Gasteiger partial charge in [-0.3, -0.25) is 14.2 Å². The van der Waals surface area contributed by atoms with Crippen LogP contribution in [0, 0.1) is 24.5 Å². The monoisotopic (exact) mass is 461 g/mol. The first-order valence-corrected chi connectivity index (χ1v) is 10.8. The molecule has 0 aliphatic heterocycles. The van der Waals surface area contributed by atoms with Crippen molar-refractivity contribution in [3.05, 3.63) is 63.8 Å². The first kappa shape index (κ1) is 22.3. The van der Waals surface area contributed by atoms with E-state index in [1.807, 2.05) is 0 Å². The summed E-state index contributed by atoms with van der Waals surface area (Å²) in [6, 6.07) is 6.96. The molecule has 0 spiro atoms. The van der Waals surface area contributed by atoms with E-state index in [0.29, 0.717) is 5.02 Å². The molecule has 168 valence electrons. The van der Waals surface area contributed by atoms with E-state index >= 15 is 4.39 Å². The smallest absolute Gasteiger partial charge is 0.311 e. The van der Waals surface area contributed by atoms with Gasteiger partial charge in [-0.1, -0.05) is 43.4 Å². The molecule has 2 aromatic carbocycles. The van der Waals surface area contributed by atoms with Crippen molar-refractivity contribution in [3.8, 4) is 5.75 Å². The molecule has 0 radical (unpaired) electrons. The molecule has 1 aliphatic rings. The summed E-state index contributed by atoms with van der Waals surface area (Å²) in [5.41, 5.74) is 0.329. The van der Waals surface area contributed by atoms with Crippen LogP contribution in [-0.2, 0) is 4.79 Å². The number of carboxylic acid groups (broad SMARTS) is 1. The maximum absolute atomic E-state index is 15.2. The van der Waals surface area contributed by atoms with Gasteiger partial charge in [-0.25, -0.2) is 8.78 Å². The van der Waals surface area contributed by atoms with E-state index in [1.54, 1.807) is 12.1 Å². The summed E-state index contributed by atoms with van der Waals surface area (Å²) in [5, 5.41) is 20.0. The predicted molar refractivity (Wildman–Crippen MR) is 116 cm³/mol. The van der Waals surface area contributed by atoms with Gasteiger partial charge in [-0.2, -0.15) is 0 Å². The molecule has 1 aliphatic carbocycles. The summed E-state index contributed by atoms with van der Waals surface area (Å²) in [5.74, 6) is -6.40. The lowest BCUT2D eigenvalue weighted by molar-refractivity contribution is -0.139. The second-order valence-electron chi connectivity index (χ2n) is 8.34. The third-order valence-corrected chi connectivity index (χ3v) is 6.61. The van der Waals surface area contributed by atoms with Crippen molar-refractivity contribution >= 4 is 34.4 Å². The third kappa shape index (κ3) is 3.75. The molecule has 1 saturated carbocycles. The molecular formula is C24H22ClF2NO4. The van der Waals surface area contributed by atoms with Gasteiger partial charge >= 0.3 is 5.97 Å². The molecule has 1 fully saturated rings. The van der Waals surface area contributed by atoms with Crippen LogP contribution in [0.3, 0.4) is 0 Å². The summed E-state index contributed by atoms with van der Waals surface area (Å²) in [6.45, 7) is 1.51. The van der Waals surface area contributed by atoms with Crippen molar-refractivity contribution in [1.29, 1.82) is 0 Å². The first-order chi connectivity index (χ1) is 15.2. The van der Waals surface area contributed by atoms with Gasteiger partial charge in [0, 0.05) is 27.7 Å². The standard InChI is InChI=1S/C24H22ClF2NO4/c1-12-19(16(24(31)32)9-13-5-2-3-6-13)20-18(11-17(26)22(29)21(20)27)28(12)23(30)14-7-4-8-15(25)10-14/h4,7-8,10-11,13,16,29H,2-3,5-6,9H2,1H3,(H,31,32)/t16-/m0/s1. The number of aromatic nitrogens is 1. The Kier molecular flexibility index (Phi) is 5.95. The minimum absolute atomic E-state index is 0.0857. The Morgan fingerprint density at radius 3 is 2.53 bits per heavy atom. The Hall–Kier alpha value is -2.93. The molecule has 0 bridgehead atoms. The van der Waals surface area contributed by atoms with E-state index in [2.05, 4.69) is 0 Å². The number of carbonyl (C=O) groups excluding carboxylic acids is 1. The summed E-state index contributed by atoms with van der Waals surface area (Å²) < 4.78 is 30.6. The van der Waals surface area contributed by atoms with E-state index in [4.69, 9.17) is 11.6 Å². The fourth-order valence-electron chi connectivity index (χ4n) is 4.87. The van der Waals surface area contributed by atoms with Crippen molar-refractivity contribution in [2.75, 3.05) is 0 Å². The molecule has 3 aromatic rings. The Labute approximate surface area is 188 Å². The van der Waals surface area contributed by atoms with Crippen LogP contribution in [0.25, 0.3) is 10.9 Å². The highest BCUT2D eigenvalue weighted by atomic mass is 35.5. The average molecular weight is 462 g/mol. The maximum atomic E-state index is 15.2. The van der Waals surface area contributed by atoms with Gasteiger partial charge in [0.15, 0.2) is 17.4 Å². The lowest BCUT2D eigenvalue weighted by atomic mass is 9.86. The zero-order valence-electron chi connectivity index (χ0n) is 17.4. The quantitative estimate of drug-likeness (QED) is 0.486. The minimum atomic E-state index is -1.27. The van der Waals surface area contributed by atoms with Gasteiger partial charge in [-0.05, 0) is 43.0 Å². The topological polar surface area (TPSA) is 79.5 Å². The zero-order chi connectivity index (χ0) is 23.2. The second-order valence-corrected chi connectivity index (χ2v) is 8.78. The van der Waals surface area contributed by atoms with Gasteiger partial charge in [0.25, 0.3) is 5.91 Å². The lowest BCUT2D eigenvalue weighted by Gasteiger charge is -2.18. The highest BCUT2D eigenvalue weighted by Crippen LogP contribution is 2.42. The first-order valence-electron chi connectivity index (χ1n) is 10.5.